The number of methoxy groups -OCH3 is 1. The molecule has 1 aliphatic heterocycles. The van der Waals surface area contributed by atoms with Crippen LogP contribution in [-0.2, 0) is 16.1 Å². The molecule has 1 heterocycles. The second-order valence-corrected chi connectivity index (χ2v) is 4.52. The molecule has 1 amide bonds. The van der Waals surface area contributed by atoms with Crippen molar-refractivity contribution in [2.75, 3.05) is 26.8 Å². The quantitative estimate of drug-likeness (QED) is 0.750. The molecule has 102 valence electrons. The van der Waals surface area contributed by atoms with E-state index in [4.69, 9.17) is 10.1 Å². The maximum Gasteiger partial charge on any atom is 0.221 e. The number of nitrogens with one attached hydrogen (secondary N) is 2. The van der Waals surface area contributed by atoms with Gasteiger partial charge in [-0.25, -0.2) is 0 Å². The highest BCUT2D eigenvalue weighted by molar-refractivity contribution is 6.00. The van der Waals surface area contributed by atoms with Crippen LogP contribution in [0.4, 0.5) is 0 Å². The molecule has 5 nitrogen and oxygen atoms in total. The van der Waals surface area contributed by atoms with E-state index in [1.165, 1.54) is 0 Å². The van der Waals surface area contributed by atoms with Gasteiger partial charge in [0.1, 0.15) is 5.84 Å². The van der Waals surface area contributed by atoms with Gasteiger partial charge in [0, 0.05) is 38.7 Å². The molecule has 5 heteroatoms. The number of hydrogen-bond acceptors (Lipinski definition) is 3. The summed E-state index contributed by atoms with van der Waals surface area (Å²) in [5.74, 6) is 0.515. The lowest BCUT2D eigenvalue weighted by molar-refractivity contribution is -0.121. The minimum absolute atomic E-state index is 0.000746. The fourth-order valence-electron chi connectivity index (χ4n) is 2.15. The van der Waals surface area contributed by atoms with Gasteiger partial charge >= 0.3 is 0 Å². The van der Waals surface area contributed by atoms with E-state index in [2.05, 4.69) is 5.32 Å². The molecule has 0 saturated carbocycles. The lowest BCUT2D eigenvalue weighted by atomic mass is 10.1. The fraction of sp³-hybridized carbons (Fsp3) is 0.429. The number of carbonyl (C=O) groups is 1. The minimum atomic E-state index is 0.000746. The molecule has 0 radical (unpaired) electrons. The van der Waals surface area contributed by atoms with Crippen molar-refractivity contribution < 1.29 is 9.53 Å². The minimum Gasteiger partial charge on any atom is -0.383 e. The zero-order valence-corrected chi connectivity index (χ0v) is 11.1. The molecule has 2 N–H and O–H groups in total. The van der Waals surface area contributed by atoms with Crippen LogP contribution in [0, 0.1) is 5.41 Å². The monoisotopic (exact) mass is 261 g/mol. The number of nitrogens with zero attached hydrogens (tertiary/aromatic N) is 1. The highest BCUT2D eigenvalue weighted by Crippen LogP contribution is 2.21. The zero-order chi connectivity index (χ0) is 13.7. The first-order chi connectivity index (χ1) is 9.22. The van der Waals surface area contributed by atoms with Crippen molar-refractivity contribution in [3.8, 4) is 0 Å². The highest BCUT2D eigenvalue weighted by atomic mass is 16.5. The maximum atomic E-state index is 11.6. The van der Waals surface area contributed by atoms with Gasteiger partial charge in [-0.1, -0.05) is 24.3 Å². The standard InChI is InChI=1S/C14H19N3O2/c1-19-9-7-16-13(18)6-8-17-10-11-4-2-3-5-12(11)14(17)15/h2-5,15H,6-10H2,1H3,(H,16,18). The Morgan fingerprint density at radius 3 is 3.00 bits per heavy atom. The number of benzene rings is 1. The molecule has 19 heavy (non-hydrogen) atoms. The third-order valence-electron chi connectivity index (χ3n) is 3.19. The molecule has 0 fully saturated rings. The van der Waals surface area contributed by atoms with Crippen LogP contribution >= 0.6 is 0 Å². The Morgan fingerprint density at radius 1 is 1.47 bits per heavy atom. The SMILES string of the molecule is COCCNC(=O)CCN1Cc2ccccc2C1=N. The topological polar surface area (TPSA) is 65.4 Å². The summed E-state index contributed by atoms with van der Waals surface area (Å²) in [6, 6.07) is 7.90. The van der Waals surface area contributed by atoms with E-state index in [1.807, 2.05) is 29.2 Å². The van der Waals surface area contributed by atoms with Crippen molar-refractivity contribution in [2.24, 2.45) is 0 Å². The number of fused-ring (bicyclic) bond motifs is 1. The molecule has 1 aromatic carbocycles. The van der Waals surface area contributed by atoms with Gasteiger partial charge in [0.25, 0.3) is 0 Å². The summed E-state index contributed by atoms with van der Waals surface area (Å²) >= 11 is 0. The van der Waals surface area contributed by atoms with Crippen molar-refractivity contribution in [1.82, 2.24) is 10.2 Å². The van der Waals surface area contributed by atoms with Crippen molar-refractivity contribution in [2.45, 2.75) is 13.0 Å². The molecule has 0 aliphatic carbocycles. The second-order valence-electron chi connectivity index (χ2n) is 4.52. The molecular formula is C14H19N3O2. The summed E-state index contributed by atoms with van der Waals surface area (Å²) in [6.07, 6.45) is 0.403. The Bertz CT molecular complexity index is 474. The summed E-state index contributed by atoms with van der Waals surface area (Å²) in [5, 5.41) is 10.9. The number of ether oxygens (including phenoxy) is 1. The Morgan fingerprint density at radius 2 is 2.26 bits per heavy atom. The third kappa shape index (κ3) is 3.32. The predicted molar refractivity (Wildman–Crippen MR) is 73.2 cm³/mol. The first-order valence-corrected chi connectivity index (χ1v) is 6.40. The van der Waals surface area contributed by atoms with E-state index in [0.29, 0.717) is 32.0 Å². The first-order valence-electron chi connectivity index (χ1n) is 6.40. The average Bonchev–Trinajstić information content (AvgIpc) is 2.74. The predicted octanol–water partition coefficient (Wildman–Crippen LogP) is 0.980. The summed E-state index contributed by atoms with van der Waals surface area (Å²) in [4.78, 5) is 13.5. The molecule has 0 unspecified atom stereocenters. The molecule has 0 aromatic heterocycles. The Hall–Kier alpha value is -1.88. The van der Waals surface area contributed by atoms with Crippen LogP contribution in [0.1, 0.15) is 17.5 Å². The average molecular weight is 261 g/mol. The van der Waals surface area contributed by atoms with Gasteiger partial charge < -0.3 is 15.0 Å². The van der Waals surface area contributed by atoms with E-state index in [1.54, 1.807) is 7.11 Å². The summed E-state index contributed by atoms with van der Waals surface area (Å²) in [7, 11) is 1.61. The van der Waals surface area contributed by atoms with Gasteiger partial charge in [-0.15, -0.1) is 0 Å². The van der Waals surface area contributed by atoms with Crippen LogP contribution in [0.2, 0.25) is 0 Å². The number of hydrogen-bond donors (Lipinski definition) is 2. The van der Waals surface area contributed by atoms with Crippen molar-refractivity contribution in [3.05, 3.63) is 35.4 Å². The van der Waals surface area contributed by atoms with Crippen LogP contribution in [0.25, 0.3) is 0 Å². The van der Waals surface area contributed by atoms with Gasteiger partial charge in [-0.05, 0) is 5.56 Å². The Kier molecular flexibility index (Phi) is 4.52. The lowest BCUT2D eigenvalue weighted by Gasteiger charge is -2.17. The maximum absolute atomic E-state index is 11.6. The van der Waals surface area contributed by atoms with Gasteiger partial charge in [-0.2, -0.15) is 0 Å². The fourth-order valence-corrected chi connectivity index (χ4v) is 2.15. The van der Waals surface area contributed by atoms with Crippen LogP contribution < -0.4 is 5.32 Å². The van der Waals surface area contributed by atoms with Crippen LogP contribution in [0.5, 0.6) is 0 Å². The summed E-state index contributed by atoms with van der Waals surface area (Å²) in [6.45, 7) is 2.36. The molecule has 0 saturated heterocycles. The third-order valence-corrected chi connectivity index (χ3v) is 3.19. The molecule has 1 aliphatic rings. The van der Waals surface area contributed by atoms with Gasteiger partial charge in [0.2, 0.25) is 5.91 Å². The van der Waals surface area contributed by atoms with Crippen molar-refractivity contribution in [3.63, 3.8) is 0 Å². The van der Waals surface area contributed by atoms with Crippen LogP contribution in [0.3, 0.4) is 0 Å². The molecule has 1 aromatic rings. The molecule has 0 spiro atoms. The van der Waals surface area contributed by atoms with E-state index in [9.17, 15) is 4.79 Å². The van der Waals surface area contributed by atoms with Gasteiger partial charge in [-0.3, -0.25) is 10.2 Å². The zero-order valence-electron chi connectivity index (χ0n) is 11.1. The number of carbonyl (C=O) groups excluding carboxylic acids is 1. The van der Waals surface area contributed by atoms with Crippen molar-refractivity contribution in [1.29, 1.82) is 5.41 Å². The van der Waals surface area contributed by atoms with E-state index < -0.39 is 0 Å². The van der Waals surface area contributed by atoms with Crippen LogP contribution in [-0.4, -0.2) is 43.4 Å². The Balaban J connectivity index is 1.80. The molecule has 0 bridgehead atoms. The highest BCUT2D eigenvalue weighted by Gasteiger charge is 2.23. The number of amidine groups is 1. The number of amides is 1. The normalized spacial score (nSPS) is 13.5. The van der Waals surface area contributed by atoms with Gasteiger partial charge in [0.15, 0.2) is 0 Å². The van der Waals surface area contributed by atoms with Crippen LogP contribution in [0.15, 0.2) is 24.3 Å². The molecular weight excluding hydrogens is 242 g/mol. The van der Waals surface area contributed by atoms with Gasteiger partial charge in [0.05, 0.1) is 6.61 Å². The second kappa shape index (κ2) is 6.33. The Labute approximate surface area is 113 Å². The molecule has 0 atom stereocenters. The molecule has 2 rings (SSSR count). The largest absolute Gasteiger partial charge is 0.383 e. The smallest absolute Gasteiger partial charge is 0.221 e. The number of rotatable bonds is 6. The van der Waals surface area contributed by atoms with E-state index >= 15 is 0 Å². The van der Waals surface area contributed by atoms with Crippen molar-refractivity contribution >= 4 is 11.7 Å². The van der Waals surface area contributed by atoms with E-state index in [0.717, 1.165) is 17.7 Å². The summed E-state index contributed by atoms with van der Waals surface area (Å²) in [5.41, 5.74) is 2.13. The first kappa shape index (κ1) is 13.5. The summed E-state index contributed by atoms with van der Waals surface area (Å²) < 4.78 is 4.87. The van der Waals surface area contributed by atoms with E-state index in [-0.39, 0.29) is 5.91 Å². The lowest BCUT2D eigenvalue weighted by Crippen LogP contribution is -2.32.